The van der Waals surface area contributed by atoms with E-state index in [1.54, 1.807) is 0 Å². The molecule has 0 fully saturated rings. The van der Waals surface area contributed by atoms with E-state index >= 15 is 0 Å². The fourth-order valence-electron chi connectivity index (χ4n) is 4.05. The summed E-state index contributed by atoms with van der Waals surface area (Å²) >= 11 is 0. The number of para-hydroxylation sites is 1. The summed E-state index contributed by atoms with van der Waals surface area (Å²) < 4.78 is 0. The van der Waals surface area contributed by atoms with Gasteiger partial charge in [0.15, 0.2) is 0 Å². The van der Waals surface area contributed by atoms with E-state index < -0.39 is 0 Å². The number of nitrogens with zero attached hydrogens (tertiary/aromatic N) is 1. The first-order valence-corrected chi connectivity index (χ1v) is 8.18. The second kappa shape index (κ2) is 4.54. The summed E-state index contributed by atoms with van der Waals surface area (Å²) in [5.41, 5.74) is 5.34. The lowest BCUT2D eigenvalue weighted by atomic mass is 9.91. The number of aryl methyl sites for hydroxylation is 3. The van der Waals surface area contributed by atoms with E-state index in [4.69, 9.17) is 0 Å². The van der Waals surface area contributed by atoms with Crippen molar-refractivity contribution in [3.05, 3.63) is 76.3 Å². The Morgan fingerprint density at radius 2 is 1.33 bits per heavy atom. The van der Waals surface area contributed by atoms with Crippen LogP contribution in [0.1, 0.15) is 37.4 Å². The highest BCUT2D eigenvalue weighted by molar-refractivity contribution is 6.36. The summed E-state index contributed by atoms with van der Waals surface area (Å²) in [5, 5.41) is 1.97. The van der Waals surface area contributed by atoms with Crippen LogP contribution < -0.4 is 4.90 Å². The van der Waals surface area contributed by atoms with E-state index in [-0.39, 0.29) is 11.8 Å². The first-order valence-electron chi connectivity index (χ1n) is 8.18. The maximum absolute atomic E-state index is 13.1. The summed E-state index contributed by atoms with van der Waals surface area (Å²) in [6.07, 6.45) is 1.97. The molecule has 5 rings (SSSR count). The van der Waals surface area contributed by atoms with Gasteiger partial charge in [-0.2, -0.15) is 0 Å². The third-order valence-corrected chi connectivity index (χ3v) is 5.22. The lowest BCUT2D eigenvalue weighted by molar-refractivity contribution is 0.0893. The first-order chi connectivity index (χ1) is 11.7. The Bertz CT molecular complexity index is 1010. The molecule has 3 aromatic rings. The van der Waals surface area contributed by atoms with Crippen molar-refractivity contribution in [3.63, 3.8) is 0 Å². The standard InChI is InChI=1S/C21H15NO2/c1-12-4-2-3-5-17(12)22-20(23)15-10-8-13-6-7-14-9-11-16(21(22)24)19(15)18(13)14/h2-5,8-11H,6-7H2,1H3. The van der Waals surface area contributed by atoms with Gasteiger partial charge in [-0.15, -0.1) is 0 Å². The predicted octanol–water partition coefficient (Wildman–Crippen LogP) is 4.05. The maximum Gasteiger partial charge on any atom is 0.265 e. The lowest BCUT2D eigenvalue weighted by Gasteiger charge is -2.28. The van der Waals surface area contributed by atoms with Gasteiger partial charge >= 0.3 is 0 Å². The van der Waals surface area contributed by atoms with Crippen molar-refractivity contribution in [1.82, 2.24) is 0 Å². The van der Waals surface area contributed by atoms with Crippen LogP contribution in [0.5, 0.6) is 0 Å². The highest BCUT2D eigenvalue weighted by Gasteiger charge is 2.36. The Balaban J connectivity index is 1.83. The van der Waals surface area contributed by atoms with Crippen LogP contribution in [-0.4, -0.2) is 11.8 Å². The van der Waals surface area contributed by atoms with Crippen molar-refractivity contribution in [1.29, 1.82) is 0 Å². The fraction of sp³-hybridized carbons (Fsp3) is 0.143. The van der Waals surface area contributed by atoms with Crippen LogP contribution in [0.25, 0.3) is 10.8 Å². The van der Waals surface area contributed by atoms with E-state index in [0.29, 0.717) is 16.8 Å². The smallest absolute Gasteiger partial charge is 0.265 e. The van der Waals surface area contributed by atoms with Crippen LogP contribution >= 0.6 is 0 Å². The van der Waals surface area contributed by atoms with Crippen molar-refractivity contribution in [2.45, 2.75) is 19.8 Å². The van der Waals surface area contributed by atoms with E-state index in [9.17, 15) is 9.59 Å². The van der Waals surface area contributed by atoms with E-state index in [2.05, 4.69) is 0 Å². The molecule has 0 saturated carbocycles. The van der Waals surface area contributed by atoms with E-state index in [1.165, 1.54) is 16.0 Å². The zero-order valence-electron chi connectivity index (χ0n) is 13.3. The maximum atomic E-state index is 13.1. The SMILES string of the molecule is Cc1ccccc1N1C(=O)c2ccc3c4c(ccc(c24)C1=O)CC3. The van der Waals surface area contributed by atoms with Crippen molar-refractivity contribution in [2.24, 2.45) is 0 Å². The molecule has 3 heteroatoms. The van der Waals surface area contributed by atoms with Gasteiger partial charge < -0.3 is 0 Å². The van der Waals surface area contributed by atoms with Crippen molar-refractivity contribution < 1.29 is 9.59 Å². The highest BCUT2D eigenvalue weighted by Crippen LogP contribution is 2.39. The average molecular weight is 313 g/mol. The minimum atomic E-state index is -0.225. The largest absolute Gasteiger partial charge is 0.268 e. The van der Waals surface area contributed by atoms with Gasteiger partial charge in [-0.1, -0.05) is 30.3 Å². The van der Waals surface area contributed by atoms with Gasteiger partial charge in [0.2, 0.25) is 0 Å². The van der Waals surface area contributed by atoms with Crippen molar-refractivity contribution in [3.8, 4) is 0 Å². The number of imide groups is 1. The zero-order valence-corrected chi connectivity index (χ0v) is 13.3. The highest BCUT2D eigenvalue weighted by atomic mass is 16.2. The molecule has 24 heavy (non-hydrogen) atoms. The monoisotopic (exact) mass is 313 g/mol. The lowest BCUT2D eigenvalue weighted by Crippen LogP contribution is -2.40. The topological polar surface area (TPSA) is 37.4 Å². The molecule has 0 N–H and O–H groups in total. The molecule has 0 radical (unpaired) electrons. The number of carbonyl (C=O) groups is 2. The van der Waals surface area contributed by atoms with Crippen LogP contribution in [0, 0.1) is 6.92 Å². The molecule has 116 valence electrons. The van der Waals surface area contributed by atoms with Gasteiger partial charge in [0.1, 0.15) is 0 Å². The minimum absolute atomic E-state index is 0.225. The van der Waals surface area contributed by atoms with E-state index in [1.807, 2.05) is 55.5 Å². The molecule has 1 heterocycles. The molecular weight excluding hydrogens is 298 g/mol. The van der Waals surface area contributed by atoms with Gasteiger partial charge in [0, 0.05) is 16.5 Å². The molecule has 3 nitrogen and oxygen atoms in total. The molecule has 2 aliphatic rings. The van der Waals surface area contributed by atoms with Gasteiger partial charge in [0.05, 0.1) is 5.69 Å². The molecule has 0 atom stereocenters. The van der Waals surface area contributed by atoms with Crippen LogP contribution in [0.2, 0.25) is 0 Å². The molecule has 3 aromatic carbocycles. The average Bonchev–Trinajstić information content (AvgIpc) is 3.01. The second-order valence-corrected chi connectivity index (χ2v) is 6.53. The van der Waals surface area contributed by atoms with Crippen LogP contribution in [0.3, 0.4) is 0 Å². The van der Waals surface area contributed by atoms with Crippen molar-refractivity contribution >= 4 is 28.3 Å². The molecule has 0 aromatic heterocycles. The fourth-order valence-corrected chi connectivity index (χ4v) is 4.05. The molecule has 0 bridgehead atoms. The Labute approximate surface area is 139 Å². The quantitative estimate of drug-likeness (QED) is 0.636. The third kappa shape index (κ3) is 1.56. The number of anilines is 1. The summed E-state index contributed by atoms with van der Waals surface area (Å²) in [5.74, 6) is -0.449. The van der Waals surface area contributed by atoms with Crippen LogP contribution in [0.15, 0.2) is 48.5 Å². The normalized spacial score (nSPS) is 15.5. The molecule has 0 unspecified atom stereocenters. The third-order valence-electron chi connectivity index (χ3n) is 5.22. The number of carbonyl (C=O) groups excluding carboxylic acids is 2. The molecule has 0 saturated heterocycles. The van der Waals surface area contributed by atoms with E-state index in [0.717, 1.165) is 29.2 Å². The Morgan fingerprint density at radius 1 is 0.750 bits per heavy atom. The number of benzene rings is 3. The van der Waals surface area contributed by atoms with Gasteiger partial charge in [-0.3, -0.25) is 9.59 Å². The summed E-state index contributed by atoms with van der Waals surface area (Å²) in [4.78, 5) is 27.6. The summed E-state index contributed by atoms with van der Waals surface area (Å²) in [6, 6.07) is 15.4. The van der Waals surface area contributed by atoms with Crippen LogP contribution in [0.4, 0.5) is 5.69 Å². The summed E-state index contributed by atoms with van der Waals surface area (Å²) in [7, 11) is 0. The number of amides is 2. The van der Waals surface area contributed by atoms with Crippen LogP contribution in [-0.2, 0) is 12.8 Å². The number of hydrogen-bond acceptors (Lipinski definition) is 2. The minimum Gasteiger partial charge on any atom is -0.268 e. The summed E-state index contributed by atoms with van der Waals surface area (Å²) in [6.45, 7) is 1.92. The van der Waals surface area contributed by atoms with Crippen molar-refractivity contribution in [2.75, 3.05) is 4.90 Å². The van der Waals surface area contributed by atoms with Gasteiger partial charge in [-0.05, 0) is 60.0 Å². The Kier molecular flexibility index (Phi) is 2.55. The number of rotatable bonds is 1. The Morgan fingerprint density at radius 3 is 1.92 bits per heavy atom. The molecule has 0 spiro atoms. The van der Waals surface area contributed by atoms with Gasteiger partial charge in [0.25, 0.3) is 11.8 Å². The Hall–Kier alpha value is -2.94. The second-order valence-electron chi connectivity index (χ2n) is 6.53. The molecule has 1 aliphatic heterocycles. The predicted molar refractivity (Wildman–Crippen MR) is 93.7 cm³/mol. The van der Waals surface area contributed by atoms with Gasteiger partial charge in [-0.25, -0.2) is 4.90 Å². The zero-order chi connectivity index (χ0) is 16.4. The number of hydrogen-bond donors (Lipinski definition) is 0. The first kappa shape index (κ1) is 13.5. The molecule has 2 amide bonds. The molecule has 1 aliphatic carbocycles. The molecular formula is C21H15NO2.